The largest absolute Gasteiger partial charge is 0.485 e. The molecule has 6 nitrogen and oxygen atoms in total. The summed E-state index contributed by atoms with van der Waals surface area (Å²) in [5, 5.41) is 0. The number of rotatable bonds is 4. The molecule has 6 rings (SSSR count). The lowest BCUT2D eigenvalue weighted by Crippen LogP contribution is -2.45. The highest BCUT2D eigenvalue weighted by Gasteiger charge is 2.54. The van der Waals surface area contributed by atoms with Crippen molar-refractivity contribution in [3.05, 3.63) is 120 Å². The van der Waals surface area contributed by atoms with E-state index in [0.29, 0.717) is 24.4 Å². The quantitative estimate of drug-likeness (QED) is 0.407. The number of ether oxygens (including phenoxy) is 1. The Morgan fingerprint density at radius 1 is 0.861 bits per heavy atom. The number of amides is 1. The van der Waals surface area contributed by atoms with E-state index < -0.39 is 5.54 Å². The number of fused-ring (bicyclic) bond motifs is 2. The van der Waals surface area contributed by atoms with E-state index in [1.807, 2.05) is 103 Å². The molecule has 6 heteroatoms. The molecule has 1 spiro atoms. The third-order valence-corrected chi connectivity index (χ3v) is 6.93. The third kappa shape index (κ3) is 3.67. The van der Waals surface area contributed by atoms with Crippen LogP contribution in [-0.4, -0.2) is 16.8 Å². The maximum atomic E-state index is 14.2. The number of benzene rings is 4. The second kappa shape index (κ2) is 8.57. The van der Waals surface area contributed by atoms with Gasteiger partial charge < -0.3 is 16.2 Å². The average molecular weight is 475 g/mol. The van der Waals surface area contributed by atoms with Gasteiger partial charge in [0, 0.05) is 17.7 Å². The van der Waals surface area contributed by atoms with Gasteiger partial charge >= 0.3 is 0 Å². The summed E-state index contributed by atoms with van der Waals surface area (Å²) >= 11 is 0. The molecule has 0 fully saturated rings. The summed E-state index contributed by atoms with van der Waals surface area (Å²) in [4.78, 5) is 20.7. The molecule has 2 atom stereocenters. The third-order valence-electron chi connectivity index (χ3n) is 6.93. The highest BCUT2D eigenvalue weighted by molar-refractivity contribution is 6.07. The second-order valence-electron chi connectivity index (χ2n) is 9.26. The van der Waals surface area contributed by atoms with Gasteiger partial charge in [0.05, 0.1) is 6.54 Å². The Kier molecular flexibility index (Phi) is 5.22. The second-order valence-corrected chi connectivity index (χ2v) is 9.26. The first-order valence-corrected chi connectivity index (χ1v) is 12.0. The van der Waals surface area contributed by atoms with E-state index in [1.54, 1.807) is 4.90 Å². The van der Waals surface area contributed by atoms with E-state index in [4.69, 9.17) is 21.2 Å². The zero-order valence-corrected chi connectivity index (χ0v) is 19.7. The first-order valence-electron chi connectivity index (χ1n) is 12.0. The summed E-state index contributed by atoms with van der Waals surface area (Å²) in [5.74, 6) is 0.714. The van der Waals surface area contributed by atoms with Crippen LogP contribution in [0, 0.1) is 0 Å². The lowest BCUT2D eigenvalue weighted by Gasteiger charge is -2.37. The molecule has 0 bridgehead atoms. The highest BCUT2D eigenvalue weighted by Crippen LogP contribution is 2.51. The highest BCUT2D eigenvalue weighted by atomic mass is 16.5. The van der Waals surface area contributed by atoms with Gasteiger partial charge in [-0.2, -0.15) is 0 Å². The molecule has 0 radical (unpaired) electrons. The van der Waals surface area contributed by atoms with Crippen molar-refractivity contribution in [2.75, 3.05) is 5.73 Å². The molecule has 4 aromatic rings. The molecule has 2 heterocycles. The number of anilines is 1. The van der Waals surface area contributed by atoms with Gasteiger partial charge in [-0.25, -0.2) is 4.99 Å². The maximum absolute atomic E-state index is 14.2. The van der Waals surface area contributed by atoms with Gasteiger partial charge in [-0.1, -0.05) is 78.9 Å². The van der Waals surface area contributed by atoms with Gasteiger partial charge in [-0.3, -0.25) is 9.69 Å². The molecule has 0 saturated carbocycles. The summed E-state index contributed by atoms with van der Waals surface area (Å²) in [6.45, 7) is 0.359. The number of hydrogen-bond donors (Lipinski definition) is 2. The molecule has 2 aliphatic rings. The lowest BCUT2D eigenvalue weighted by atomic mass is 9.79. The molecule has 0 aromatic heterocycles. The van der Waals surface area contributed by atoms with E-state index in [0.717, 1.165) is 27.8 Å². The van der Waals surface area contributed by atoms with E-state index >= 15 is 0 Å². The van der Waals surface area contributed by atoms with Crippen LogP contribution >= 0.6 is 0 Å². The fraction of sp³-hybridized carbons (Fsp3) is 0.133. The molecular formula is C30H26N4O2. The van der Waals surface area contributed by atoms with Gasteiger partial charge in [-0.05, 0) is 46.5 Å². The van der Waals surface area contributed by atoms with Crippen LogP contribution < -0.4 is 16.2 Å². The summed E-state index contributed by atoms with van der Waals surface area (Å²) in [6.07, 6.45) is 0.0176. The van der Waals surface area contributed by atoms with Crippen LogP contribution in [0.2, 0.25) is 0 Å². The van der Waals surface area contributed by atoms with Gasteiger partial charge in [0.2, 0.25) is 0 Å². The zero-order chi connectivity index (χ0) is 24.7. The molecule has 4 N–H and O–H groups in total. The Morgan fingerprint density at radius 3 is 2.33 bits per heavy atom. The summed E-state index contributed by atoms with van der Waals surface area (Å²) in [5.41, 5.74) is 16.6. The van der Waals surface area contributed by atoms with Crippen LogP contribution in [0.4, 0.5) is 5.69 Å². The minimum Gasteiger partial charge on any atom is -0.485 e. The molecule has 0 saturated heterocycles. The monoisotopic (exact) mass is 474 g/mol. The van der Waals surface area contributed by atoms with Crippen molar-refractivity contribution in [1.82, 2.24) is 4.90 Å². The zero-order valence-electron chi connectivity index (χ0n) is 19.7. The van der Waals surface area contributed by atoms with Gasteiger partial charge in [0.15, 0.2) is 11.5 Å². The maximum Gasteiger partial charge on any atom is 0.262 e. The molecule has 2 aliphatic heterocycles. The molecular weight excluding hydrogens is 448 g/mol. The first-order chi connectivity index (χ1) is 17.5. The van der Waals surface area contributed by atoms with E-state index in [9.17, 15) is 4.79 Å². The van der Waals surface area contributed by atoms with Crippen molar-refractivity contribution >= 4 is 17.6 Å². The van der Waals surface area contributed by atoms with Crippen molar-refractivity contribution in [2.45, 2.75) is 24.6 Å². The topological polar surface area (TPSA) is 93.9 Å². The SMILES string of the molecule is NC1=N[C@@]2(CC(c3ccccc3)Oc3ccc(-c4cccc(N)c4)cc32)C(=O)N1Cc1ccccc1. The Balaban J connectivity index is 1.47. The number of nitrogens with zero attached hydrogens (tertiary/aromatic N) is 2. The van der Waals surface area contributed by atoms with Crippen molar-refractivity contribution in [1.29, 1.82) is 0 Å². The van der Waals surface area contributed by atoms with E-state index in [2.05, 4.69) is 0 Å². The smallest absolute Gasteiger partial charge is 0.262 e. The summed E-state index contributed by atoms with van der Waals surface area (Å²) in [7, 11) is 0. The molecule has 4 aromatic carbocycles. The minimum absolute atomic E-state index is 0.140. The van der Waals surface area contributed by atoms with Crippen molar-refractivity contribution in [3.8, 4) is 16.9 Å². The Bertz CT molecular complexity index is 1470. The van der Waals surface area contributed by atoms with Crippen LogP contribution in [0.25, 0.3) is 11.1 Å². The average Bonchev–Trinajstić information content (AvgIpc) is 3.14. The predicted molar refractivity (Wildman–Crippen MR) is 141 cm³/mol. The molecule has 1 amide bonds. The predicted octanol–water partition coefficient (Wildman–Crippen LogP) is 5.01. The standard InChI is InChI=1S/C30H26N4O2/c31-24-13-7-12-22(16-24)23-14-15-26-25(17-23)30(18-27(36-26)21-10-5-2-6-11-21)28(35)34(29(32)33-30)19-20-8-3-1-4-9-20/h1-17,27H,18-19,31H2,(H2,32,33)/t27?,30-/m1/s1. The van der Waals surface area contributed by atoms with Gasteiger partial charge in [-0.15, -0.1) is 0 Å². The van der Waals surface area contributed by atoms with Gasteiger partial charge in [0.25, 0.3) is 5.91 Å². The Labute approximate surface area is 209 Å². The summed E-state index contributed by atoms with van der Waals surface area (Å²) in [6, 6.07) is 33.3. The Morgan fingerprint density at radius 2 is 1.58 bits per heavy atom. The fourth-order valence-electron chi connectivity index (χ4n) is 5.14. The van der Waals surface area contributed by atoms with Crippen molar-refractivity contribution in [3.63, 3.8) is 0 Å². The number of carbonyl (C=O) groups excluding carboxylic acids is 1. The number of nitrogens with two attached hydrogens (primary N) is 2. The van der Waals surface area contributed by atoms with Crippen molar-refractivity contribution in [2.24, 2.45) is 10.7 Å². The van der Waals surface area contributed by atoms with Crippen LogP contribution in [0.5, 0.6) is 5.75 Å². The van der Waals surface area contributed by atoms with E-state index in [-0.39, 0.29) is 18.0 Å². The summed E-state index contributed by atoms with van der Waals surface area (Å²) < 4.78 is 6.45. The molecule has 1 unspecified atom stereocenters. The number of hydrogen-bond acceptors (Lipinski definition) is 5. The van der Waals surface area contributed by atoms with Gasteiger partial charge in [0.1, 0.15) is 11.9 Å². The van der Waals surface area contributed by atoms with Crippen molar-refractivity contribution < 1.29 is 9.53 Å². The number of aliphatic imine (C=N–C) groups is 1. The molecule has 36 heavy (non-hydrogen) atoms. The number of nitrogen functional groups attached to an aromatic ring is 1. The molecule has 178 valence electrons. The van der Waals surface area contributed by atoms with Crippen LogP contribution in [0.3, 0.4) is 0 Å². The molecule has 0 aliphatic carbocycles. The minimum atomic E-state index is -1.18. The van der Waals surface area contributed by atoms with E-state index in [1.165, 1.54) is 0 Å². The first kappa shape index (κ1) is 21.9. The number of carbonyl (C=O) groups is 1. The normalized spacial score (nSPS) is 20.7. The lowest BCUT2D eigenvalue weighted by molar-refractivity contribution is -0.133. The number of guanidine groups is 1. The van der Waals surface area contributed by atoms with Crippen LogP contribution in [0.15, 0.2) is 108 Å². The fourth-order valence-corrected chi connectivity index (χ4v) is 5.14. The van der Waals surface area contributed by atoms with Crippen LogP contribution in [0.1, 0.15) is 29.2 Å². The van der Waals surface area contributed by atoms with Crippen LogP contribution in [-0.2, 0) is 16.9 Å². The Hall–Kier alpha value is -4.58.